The summed E-state index contributed by atoms with van der Waals surface area (Å²) < 4.78 is 10.8. The highest BCUT2D eigenvalue weighted by molar-refractivity contribution is 7.19. The molecule has 110 valence electrons. The second-order valence-electron chi connectivity index (χ2n) is 5.41. The minimum Gasteiger partial charge on any atom is -0.492 e. The highest BCUT2D eigenvalue weighted by atomic mass is 32.1. The van der Waals surface area contributed by atoms with E-state index in [0.29, 0.717) is 16.3 Å². The molecule has 1 aromatic rings. The predicted molar refractivity (Wildman–Crippen MR) is 80.0 cm³/mol. The van der Waals surface area contributed by atoms with Gasteiger partial charge in [0.1, 0.15) is 5.00 Å². The van der Waals surface area contributed by atoms with Gasteiger partial charge in [-0.1, -0.05) is 0 Å². The zero-order chi connectivity index (χ0) is 14.3. The molecular weight excluding hydrogens is 276 g/mol. The number of carbonyl (C=O) groups excluding carboxylic acids is 1. The second kappa shape index (κ2) is 5.26. The van der Waals surface area contributed by atoms with Crippen LogP contribution >= 0.6 is 11.3 Å². The maximum Gasteiger partial charge on any atom is 0.178 e. The van der Waals surface area contributed by atoms with Gasteiger partial charge in [-0.25, -0.2) is 0 Å². The Hall–Kier alpha value is -1.27. The third kappa shape index (κ3) is 2.27. The smallest absolute Gasteiger partial charge is 0.178 e. The minimum atomic E-state index is 0.179. The van der Waals surface area contributed by atoms with Crippen LogP contribution in [0.2, 0.25) is 0 Å². The van der Waals surface area contributed by atoms with Crippen molar-refractivity contribution in [2.24, 2.45) is 5.92 Å². The van der Waals surface area contributed by atoms with Gasteiger partial charge < -0.3 is 20.1 Å². The third-order valence-corrected chi connectivity index (χ3v) is 5.29. The van der Waals surface area contributed by atoms with Gasteiger partial charge in [-0.3, -0.25) is 4.79 Å². The molecule has 6 heteroatoms. The normalized spacial score (nSPS) is 22.3. The Kier molecular flexibility index (Phi) is 3.60. The van der Waals surface area contributed by atoms with E-state index in [9.17, 15) is 4.79 Å². The molecule has 1 aliphatic carbocycles. The van der Waals surface area contributed by atoms with E-state index in [-0.39, 0.29) is 17.8 Å². The van der Waals surface area contributed by atoms with E-state index >= 15 is 0 Å². The molecule has 1 atom stereocenters. The van der Waals surface area contributed by atoms with E-state index in [1.165, 1.54) is 11.3 Å². The van der Waals surface area contributed by atoms with E-state index in [2.05, 4.69) is 4.90 Å². The van der Waals surface area contributed by atoms with Gasteiger partial charge in [-0.05, 0) is 19.3 Å². The van der Waals surface area contributed by atoms with Crippen molar-refractivity contribution in [1.82, 2.24) is 0 Å². The zero-order valence-corrected chi connectivity index (χ0v) is 12.7. The number of methoxy groups -OCH3 is 2. The first-order valence-corrected chi connectivity index (χ1v) is 7.75. The lowest BCUT2D eigenvalue weighted by Crippen LogP contribution is -2.21. The Morgan fingerprint density at radius 2 is 2.10 bits per heavy atom. The molecule has 0 bridgehead atoms. The van der Waals surface area contributed by atoms with Crippen LogP contribution in [0.4, 0.5) is 10.7 Å². The number of ketones is 1. The average Bonchev–Trinajstić information content (AvgIpc) is 3.10. The largest absolute Gasteiger partial charge is 0.492 e. The summed E-state index contributed by atoms with van der Waals surface area (Å²) in [5.74, 6) is 1.01. The molecule has 0 amide bonds. The van der Waals surface area contributed by atoms with Crippen molar-refractivity contribution < 1.29 is 14.3 Å². The number of rotatable bonds is 5. The Bertz CT molecular complexity index is 525. The van der Waals surface area contributed by atoms with Crippen molar-refractivity contribution in [3.8, 4) is 5.75 Å². The molecule has 2 fully saturated rings. The molecular formula is C14H20N2O3S. The summed E-state index contributed by atoms with van der Waals surface area (Å²) in [4.78, 5) is 15.1. The Morgan fingerprint density at radius 1 is 1.35 bits per heavy atom. The highest BCUT2D eigenvalue weighted by Gasteiger charge is 2.36. The summed E-state index contributed by atoms with van der Waals surface area (Å²) >= 11 is 1.47. The van der Waals surface area contributed by atoms with E-state index in [4.69, 9.17) is 15.2 Å². The van der Waals surface area contributed by atoms with E-state index in [1.807, 2.05) is 0 Å². The molecule has 0 aromatic carbocycles. The first kappa shape index (κ1) is 13.7. The molecule has 1 unspecified atom stereocenters. The predicted octanol–water partition coefficient (Wildman–Crippen LogP) is 2.16. The van der Waals surface area contributed by atoms with Gasteiger partial charge in [-0.15, -0.1) is 11.3 Å². The second-order valence-corrected chi connectivity index (χ2v) is 6.41. The van der Waals surface area contributed by atoms with Crippen LogP contribution in [0, 0.1) is 5.92 Å². The summed E-state index contributed by atoms with van der Waals surface area (Å²) in [7, 11) is 3.34. The fourth-order valence-corrected chi connectivity index (χ4v) is 3.88. The maximum absolute atomic E-state index is 12.3. The quantitative estimate of drug-likeness (QED) is 0.844. The van der Waals surface area contributed by atoms with Gasteiger partial charge in [0.2, 0.25) is 0 Å². The SMILES string of the molecule is COc1c(N2CCC(OC)C2)sc(C(=O)C2CC2)c1N. The molecule has 1 saturated carbocycles. The monoisotopic (exact) mass is 296 g/mol. The van der Waals surface area contributed by atoms with Crippen LogP contribution in [0.3, 0.4) is 0 Å². The van der Waals surface area contributed by atoms with Gasteiger partial charge in [0, 0.05) is 26.1 Å². The Labute approximate surface area is 122 Å². The molecule has 5 nitrogen and oxygen atoms in total. The number of thiophene rings is 1. The molecule has 1 aromatic heterocycles. The lowest BCUT2D eigenvalue weighted by Gasteiger charge is -2.17. The van der Waals surface area contributed by atoms with Gasteiger partial charge in [0.25, 0.3) is 0 Å². The minimum absolute atomic E-state index is 0.179. The lowest BCUT2D eigenvalue weighted by atomic mass is 10.2. The summed E-state index contributed by atoms with van der Waals surface area (Å²) in [6, 6.07) is 0. The zero-order valence-electron chi connectivity index (χ0n) is 11.8. The van der Waals surface area contributed by atoms with Crippen molar-refractivity contribution in [3.63, 3.8) is 0 Å². The van der Waals surface area contributed by atoms with E-state index in [0.717, 1.165) is 37.4 Å². The molecule has 2 heterocycles. The van der Waals surface area contributed by atoms with Crippen LogP contribution < -0.4 is 15.4 Å². The summed E-state index contributed by atoms with van der Waals surface area (Å²) in [5.41, 5.74) is 6.63. The number of anilines is 2. The molecule has 20 heavy (non-hydrogen) atoms. The molecule has 0 radical (unpaired) electrons. The van der Waals surface area contributed by atoms with Crippen LogP contribution in [-0.2, 0) is 4.74 Å². The van der Waals surface area contributed by atoms with Gasteiger partial charge in [0.05, 0.1) is 23.8 Å². The Morgan fingerprint density at radius 3 is 2.65 bits per heavy atom. The fraction of sp³-hybridized carbons (Fsp3) is 0.643. The van der Waals surface area contributed by atoms with Crippen molar-refractivity contribution in [1.29, 1.82) is 0 Å². The molecule has 1 saturated heterocycles. The van der Waals surface area contributed by atoms with Crippen LogP contribution in [0.15, 0.2) is 0 Å². The molecule has 2 aliphatic rings. The number of nitrogens with two attached hydrogens (primary N) is 1. The third-order valence-electron chi connectivity index (χ3n) is 4.02. The number of ether oxygens (including phenoxy) is 2. The number of nitrogens with zero attached hydrogens (tertiary/aromatic N) is 1. The average molecular weight is 296 g/mol. The summed E-state index contributed by atoms with van der Waals surface area (Å²) in [5, 5.41) is 0.966. The maximum atomic E-state index is 12.3. The number of Topliss-reactive ketones (excluding diaryl/α,β-unsaturated/α-hetero) is 1. The van der Waals surface area contributed by atoms with E-state index < -0.39 is 0 Å². The van der Waals surface area contributed by atoms with Gasteiger partial charge in [0.15, 0.2) is 11.5 Å². The van der Waals surface area contributed by atoms with Crippen LogP contribution in [0.1, 0.15) is 28.9 Å². The first-order valence-electron chi connectivity index (χ1n) is 6.94. The van der Waals surface area contributed by atoms with Gasteiger partial charge >= 0.3 is 0 Å². The molecule has 0 spiro atoms. The standard InChI is InChI=1S/C14H20N2O3S/c1-18-9-5-6-16(7-9)14-12(19-2)10(15)13(20-14)11(17)8-3-4-8/h8-9H,3-7,15H2,1-2H3. The van der Waals surface area contributed by atoms with Crippen molar-refractivity contribution in [3.05, 3.63) is 4.88 Å². The topological polar surface area (TPSA) is 64.8 Å². The number of nitrogen functional groups attached to an aromatic ring is 1. The number of hydrogen-bond donors (Lipinski definition) is 1. The Balaban J connectivity index is 1.90. The van der Waals surface area contributed by atoms with E-state index in [1.54, 1.807) is 14.2 Å². The molecule has 1 aliphatic heterocycles. The number of hydrogen-bond acceptors (Lipinski definition) is 6. The lowest BCUT2D eigenvalue weighted by molar-refractivity contribution is 0.0972. The van der Waals surface area contributed by atoms with Crippen LogP contribution in [-0.4, -0.2) is 39.2 Å². The van der Waals surface area contributed by atoms with Crippen molar-refractivity contribution in [2.45, 2.75) is 25.4 Å². The van der Waals surface area contributed by atoms with Gasteiger partial charge in [-0.2, -0.15) is 0 Å². The first-order chi connectivity index (χ1) is 9.65. The summed E-state index contributed by atoms with van der Waals surface area (Å²) in [6.45, 7) is 1.73. The highest BCUT2D eigenvalue weighted by Crippen LogP contribution is 2.48. The van der Waals surface area contributed by atoms with Crippen LogP contribution in [0.25, 0.3) is 0 Å². The fourth-order valence-electron chi connectivity index (χ4n) is 2.64. The number of carbonyl (C=O) groups is 1. The molecule has 2 N–H and O–H groups in total. The summed E-state index contributed by atoms with van der Waals surface area (Å²) in [6.07, 6.45) is 3.21. The van der Waals surface area contributed by atoms with Crippen LogP contribution in [0.5, 0.6) is 5.75 Å². The van der Waals surface area contributed by atoms with Crippen molar-refractivity contribution >= 4 is 27.8 Å². The van der Waals surface area contributed by atoms with Crippen molar-refractivity contribution in [2.75, 3.05) is 37.9 Å². The molecule has 3 rings (SSSR count).